The molecule has 0 bridgehead atoms. The maximum atomic E-state index is 12.6. The van der Waals surface area contributed by atoms with E-state index in [1.165, 1.54) is 0 Å². The predicted octanol–water partition coefficient (Wildman–Crippen LogP) is -0.242. The third-order valence-electron chi connectivity index (χ3n) is 1.67. The molecule has 52 valence electrons. The zero-order valence-corrected chi connectivity index (χ0v) is 4.80. The standard InChI is InChI=1S/C5H8FNO2/c6-5(4(8)9)1-3(5)2-7/h3H,1-2,7H2,(H,8,9)/t3-,5+/m0/s1. The van der Waals surface area contributed by atoms with Gasteiger partial charge < -0.3 is 10.8 Å². The van der Waals surface area contributed by atoms with Gasteiger partial charge in [0.15, 0.2) is 0 Å². The minimum Gasteiger partial charge on any atom is -0.479 e. The fourth-order valence-electron chi connectivity index (χ4n) is 0.832. The van der Waals surface area contributed by atoms with Crippen LogP contribution in [-0.2, 0) is 4.79 Å². The summed E-state index contributed by atoms with van der Waals surface area (Å²) < 4.78 is 12.6. The Labute approximate surface area is 51.7 Å². The maximum Gasteiger partial charge on any atom is 0.341 e. The van der Waals surface area contributed by atoms with Crippen molar-refractivity contribution in [3.63, 3.8) is 0 Å². The summed E-state index contributed by atoms with van der Waals surface area (Å²) in [4.78, 5) is 10.0. The third kappa shape index (κ3) is 0.790. The molecule has 1 saturated carbocycles. The molecule has 0 amide bonds. The number of carboxylic acids is 1. The largest absolute Gasteiger partial charge is 0.479 e. The fourth-order valence-corrected chi connectivity index (χ4v) is 0.832. The molecule has 1 aliphatic carbocycles. The Bertz CT molecular complexity index is 150. The summed E-state index contributed by atoms with van der Waals surface area (Å²) in [6.07, 6.45) is 0.0822. The predicted molar refractivity (Wildman–Crippen MR) is 28.6 cm³/mol. The first-order chi connectivity index (χ1) is 4.11. The second kappa shape index (κ2) is 1.67. The highest BCUT2D eigenvalue weighted by atomic mass is 19.1. The van der Waals surface area contributed by atoms with Crippen molar-refractivity contribution in [2.75, 3.05) is 6.54 Å². The maximum absolute atomic E-state index is 12.6. The minimum atomic E-state index is -1.99. The highest BCUT2D eigenvalue weighted by Crippen LogP contribution is 2.46. The number of hydrogen-bond donors (Lipinski definition) is 2. The molecule has 0 aromatic rings. The first-order valence-electron chi connectivity index (χ1n) is 2.73. The van der Waals surface area contributed by atoms with Crippen LogP contribution in [0.2, 0.25) is 0 Å². The van der Waals surface area contributed by atoms with Crippen molar-refractivity contribution in [2.24, 2.45) is 11.7 Å². The van der Waals surface area contributed by atoms with E-state index in [-0.39, 0.29) is 13.0 Å². The molecule has 3 N–H and O–H groups in total. The Morgan fingerprint density at radius 1 is 2.00 bits per heavy atom. The van der Waals surface area contributed by atoms with Crippen molar-refractivity contribution >= 4 is 5.97 Å². The van der Waals surface area contributed by atoms with Crippen LogP contribution in [0, 0.1) is 5.92 Å². The van der Waals surface area contributed by atoms with Crippen LogP contribution < -0.4 is 5.73 Å². The summed E-state index contributed by atoms with van der Waals surface area (Å²) in [6.45, 7) is 0.128. The highest BCUT2D eigenvalue weighted by Gasteiger charge is 2.61. The molecule has 0 aromatic heterocycles. The molecule has 0 saturated heterocycles. The van der Waals surface area contributed by atoms with Gasteiger partial charge >= 0.3 is 5.97 Å². The Morgan fingerprint density at radius 3 is 2.67 bits per heavy atom. The van der Waals surface area contributed by atoms with Crippen molar-refractivity contribution in [1.29, 1.82) is 0 Å². The van der Waals surface area contributed by atoms with Crippen molar-refractivity contribution in [1.82, 2.24) is 0 Å². The van der Waals surface area contributed by atoms with E-state index >= 15 is 0 Å². The molecule has 0 unspecified atom stereocenters. The number of hydrogen-bond acceptors (Lipinski definition) is 2. The second-order valence-electron chi connectivity index (χ2n) is 2.30. The molecule has 0 heterocycles. The first-order valence-corrected chi connectivity index (χ1v) is 2.73. The lowest BCUT2D eigenvalue weighted by Gasteiger charge is -1.96. The van der Waals surface area contributed by atoms with E-state index in [4.69, 9.17) is 10.8 Å². The lowest BCUT2D eigenvalue weighted by molar-refractivity contribution is -0.145. The van der Waals surface area contributed by atoms with E-state index in [9.17, 15) is 9.18 Å². The minimum absolute atomic E-state index is 0.0822. The van der Waals surface area contributed by atoms with Gasteiger partial charge in [-0.25, -0.2) is 9.18 Å². The molecule has 4 heteroatoms. The summed E-state index contributed by atoms with van der Waals surface area (Å²) in [5.41, 5.74) is 3.05. The summed E-state index contributed by atoms with van der Waals surface area (Å²) >= 11 is 0. The van der Waals surface area contributed by atoms with Crippen LogP contribution in [0.3, 0.4) is 0 Å². The fraction of sp³-hybridized carbons (Fsp3) is 0.800. The van der Waals surface area contributed by atoms with Crippen molar-refractivity contribution in [3.8, 4) is 0 Å². The second-order valence-corrected chi connectivity index (χ2v) is 2.30. The van der Waals surface area contributed by atoms with Gasteiger partial charge in [0.25, 0.3) is 0 Å². The number of alkyl halides is 1. The van der Waals surface area contributed by atoms with Gasteiger partial charge in [-0.3, -0.25) is 0 Å². The third-order valence-corrected chi connectivity index (χ3v) is 1.67. The van der Waals surface area contributed by atoms with Gasteiger partial charge in [-0.1, -0.05) is 0 Å². The van der Waals surface area contributed by atoms with E-state index in [2.05, 4.69) is 0 Å². The molecule has 0 radical (unpaired) electrons. The summed E-state index contributed by atoms with van der Waals surface area (Å²) in [7, 11) is 0. The SMILES string of the molecule is NC[C@@H]1C[C@]1(F)C(=O)O. The van der Waals surface area contributed by atoms with Crippen LogP contribution in [0.1, 0.15) is 6.42 Å². The molecule has 1 fully saturated rings. The molecule has 3 nitrogen and oxygen atoms in total. The molecule has 0 aromatic carbocycles. The lowest BCUT2D eigenvalue weighted by atomic mass is 10.3. The summed E-state index contributed by atoms with van der Waals surface area (Å²) in [6, 6.07) is 0. The number of aliphatic carboxylic acids is 1. The summed E-state index contributed by atoms with van der Waals surface area (Å²) in [5.74, 6) is -1.83. The molecule has 0 aliphatic heterocycles. The van der Waals surface area contributed by atoms with Gasteiger partial charge in [-0.05, 0) is 6.54 Å². The van der Waals surface area contributed by atoms with Crippen LogP contribution in [0.5, 0.6) is 0 Å². The number of carbonyl (C=O) groups is 1. The van der Waals surface area contributed by atoms with Crippen molar-refractivity contribution in [3.05, 3.63) is 0 Å². The molecular weight excluding hydrogens is 125 g/mol. The molecule has 9 heavy (non-hydrogen) atoms. The average molecular weight is 133 g/mol. The van der Waals surface area contributed by atoms with E-state index in [0.29, 0.717) is 0 Å². The van der Waals surface area contributed by atoms with E-state index in [0.717, 1.165) is 0 Å². The van der Waals surface area contributed by atoms with Gasteiger partial charge in [-0.2, -0.15) is 0 Å². The number of halogens is 1. The number of nitrogens with two attached hydrogens (primary N) is 1. The van der Waals surface area contributed by atoms with Crippen LogP contribution in [0.15, 0.2) is 0 Å². The van der Waals surface area contributed by atoms with Gasteiger partial charge in [0.05, 0.1) is 0 Å². The Hall–Kier alpha value is -0.640. The van der Waals surface area contributed by atoms with Gasteiger partial charge in [0, 0.05) is 12.3 Å². The van der Waals surface area contributed by atoms with E-state index in [1.807, 2.05) is 0 Å². The molecule has 1 rings (SSSR count). The van der Waals surface area contributed by atoms with Crippen LogP contribution in [-0.4, -0.2) is 23.3 Å². The normalized spacial score (nSPS) is 40.4. The van der Waals surface area contributed by atoms with Crippen molar-refractivity contribution in [2.45, 2.75) is 12.1 Å². The number of carboxylic acid groups (broad SMARTS) is 1. The van der Waals surface area contributed by atoms with Crippen LogP contribution >= 0.6 is 0 Å². The topological polar surface area (TPSA) is 63.3 Å². The highest BCUT2D eigenvalue weighted by molar-refractivity contribution is 5.81. The monoisotopic (exact) mass is 133 g/mol. The molecule has 1 aliphatic rings. The van der Waals surface area contributed by atoms with Gasteiger partial charge in [0.2, 0.25) is 5.67 Å². The van der Waals surface area contributed by atoms with Crippen LogP contribution in [0.25, 0.3) is 0 Å². The Balaban J connectivity index is 2.52. The molecule has 2 atom stereocenters. The van der Waals surface area contributed by atoms with Gasteiger partial charge in [-0.15, -0.1) is 0 Å². The molecular formula is C5H8FNO2. The van der Waals surface area contributed by atoms with Crippen LogP contribution in [0.4, 0.5) is 4.39 Å². The Kier molecular flexibility index (Phi) is 1.20. The van der Waals surface area contributed by atoms with E-state index in [1.54, 1.807) is 0 Å². The Morgan fingerprint density at radius 2 is 2.56 bits per heavy atom. The van der Waals surface area contributed by atoms with Gasteiger partial charge in [0.1, 0.15) is 0 Å². The zero-order chi connectivity index (χ0) is 7.07. The smallest absolute Gasteiger partial charge is 0.341 e. The first kappa shape index (κ1) is 6.48. The van der Waals surface area contributed by atoms with Crippen molar-refractivity contribution < 1.29 is 14.3 Å². The lowest BCUT2D eigenvalue weighted by Crippen LogP contribution is -2.21. The summed E-state index contributed by atoms with van der Waals surface area (Å²) in [5, 5.41) is 8.18. The zero-order valence-electron chi connectivity index (χ0n) is 4.80. The number of rotatable bonds is 2. The average Bonchev–Trinajstić information content (AvgIpc) is 2.44. The quantitative estimate of drug-likeness (QED) is 0.546. The molecule has 0 spiro atoms. The van der Waals surface area contributed by atoms with E-state index < -0.39 is 17.6 Å².